The molecule has 0 aliphatic rings. The normalized spacial score (nSPS) is 7.89. The van der Waals surface area contributed by atoms with Gasteiger partial charge in [-0.05, 0) is 18.4 Å². The number of benzene rings is 1. The van der Waals surface area contributed by atoms with Crippen molar-refractivity contribution in [1.82, 2.24) is 0 Å². The van der Waals surface area contributed by atoms with Crippen LogP contribution in [0.15, 0.2) is 62.2 Å². The summed E-state index contributed by atoms with van der Waals surface area (Å²) in [5, 5.41) is 0. The van der Waals surface area contributed by atoms with Crippen LogP contribution in [0.25, 0.3) is 6.08 Å². The Morgan fingerprint density at radius 3 is 1.44 bits per heavy atom. The molecule has 0 aromatic heterocycles. The summed E-state index contributed by atoms with van der Waals surface area (Å²) < 4.78 is 0. The summed E-state index contributed by atoms with van der Waals surface area (Å²) in [7, 11) is 0. The third-order valence-corrected chi connectivity index (χ3v) is 2.02. The van der Waals surface area contributed by atoms with Crippen molar-refractivity contribution in [2.24, 2.45) is 0 Å². The molecule has 0 fully saturated rings. The Kier molecular flexibility index (Phi) is 18.6. The molecule has 1 rings (SSSR count). The summed E-state index contributed by atoms with van der Waals surface area (Å²) in [4.78, 5) is 0. The van der Waals surface area contributed by atoms with Gasteiger partial charge in [-0.3, -0.25) is 0 Å². The zero-order valence-electron chi connectivity index (χ0n) is 12.1. The molecule has 0 unspecified atom stereocenters. The molecular formula is C18H28. The molecule has 0 heteroatoms. The highest BCUT2D eigenvalue weighted by atomic mass is 13.8. The molecule has 0 N–H and O–H groups in total. The number of unbranched alkanes of at least 4 members (excludes halogenated alkanes) is 2. The van der Waals surface area contributed by atoms with Crippen molar-refractivity contribution in [3.63, 3.8) is 0 Å². The summed E-state index contributed by atoms with van der Waals surface area (Å²) in [5.74, 6) is 0. The number of hydrogen-bond donors (Lipinski definition) is 0. The first-order valence-corrected chi connectivity index (χ1v) is 6.65. The summed E-state index contributed by atoms with van der Waals surface area (Å²) >= 11 is 0. The van der Waals surface area contributed by atoms with Crippen molar-refractivity contribution in [1.29, 1.82) is 0 Å². The molecule has 0 saturated heterocycles. The Hall–Kier alpha value is -1.56. The second kappa shape index (κ2) is 17.8. The molecule has 0 nitrogen and oxygen atoms in total. The van der Waals surface area contributed by atoms with Gasteiger partial charge in [0.15, 0.2) is 0 Å². The number of rotatable bonds is 5. The van der Waals surface area contributed by atoms with Gasteiger partial charge in [0.2, 0.25) is 0 Å². The van der Waals surface area contributed by atoms with E-state index < -0.39 is 0 Å². The Balaban J connectivity index is 0. The van der Waals surface area contributed by atoms with E-state index >= 15 is 0 Å². The topological polar surface area (TPSA) is 0 Å². The average molecular weight is 244 g/mol. The number of allylic oxidation sites excluding steroid dienone is 2. The minimum Gasteiger partial charge on any atom is -0.103 e. The third kappa shape index (κ3) is 16.9. The van der Waals surface area contributed by atoms with Gasteiger partial charge in [-0.25, -0.2) is 0 Å². The van der Waals surface area contributed by atoms with Gasteiger partial charge in [-0.1, -0.05) is 81.8 Å². The summed E-state index contributed by atoms with van der Waals surface area (Å²) in [6, 6.07) is 10.0. The quantitative estimate of drug-likeness (QED) is 0.535. The molecule has 18 heavy (non-hydrogen) atoms. The Labute approximate surface area is 114 Å². The Bertz CT molecular complexity index is 272. The van der Waals surface area contributed by atoms with Crippen LogP contribution in [0.4, 0.5) is 0 Å². The van der Waals surface area contributed by atoms with E-state index in [0.717, 1.165) is 12.8 Å². The molecule has 0 radical (unpaired) electrons. The fourth-order valence-corrected chi connectivity index (χ4v) is 0.997. The summed E-state index contributed by atoms with van der Waals surface area (Å²) in [6.07, 6.45) is 10.5. The van der Waals surface area contributed by atoms with Crippen molar-refractivity contribution in [2.75, 3.05) is 0 Å². The molecule has 0 heterocycles. The van der Waals surface area contributed by atoms with E-state index in [4.69, 9.17) is 0 Å². The van der Waals surface area contributed by atoms with Crippen LogP contribution in [-0.4, -0.2) is 0 Å². The van der Waals surface area contributed by atoms with Crippen molar-refractivity contribution in [2.45, 2.75) is 39.5 Å². The second-order valence-corrected chi connectivity index (χ2v) is 3.77. The molecule has 0 amide bonds. The largest absolute Gasteiger partial charge is 0.103 e. The van der Waals surface area contributed by atoms with Crippen LogP contribution >= 0.6 is 0 Å². The van der Waals surface area contributed by atoms with Crippen molar-refractivity contribution < 1.29 is 0 Å². The lowest BCUT2D eigenvalue weighted by Crippen LogP contribution is -1.63. The molecule has 0 saturated carbocycles. The fraction of sp³-hybridized carbons (Fsp3) is 0.333. The first kappa shape index (κ1) is 18.8. The second-order valence-electron chi connectivity index (χ2n) is 3.77. The van der Waals surface area contributed by atoms with Crippen LogP contribution in [0.2, 0.25) is 0 Å². The maximum absolute atomic E-state index is 3.63. The van der Waals surface area contributed by atoms with Crippen LogP contribution in [0.3, 0.4) is 0 Å². The van der Waals surface area contributed by atoms with Gasteiger partial charge in [-0.15, -0.1) is 13.2 Å². The lowest BCUT2D eigenvalue weighted by Gasteiger charge is -1.85. The van der Waals surface area contributed by atoms with E-state index in [9.17, 15) is 0 Å². The zero-order valence-corrected chi connectivity index (χ0v) is 12.1. The maximum atomic E-state index is 3.63. The lowest BCUT2D eigenvalue weighted by atomic mass is 10.2. The average Bonchev–Trinajstić information content (AvgIpc) is 2.43. The highest BCUT2D eigenvalue weighted by Crippen LogP contribution is 1.97. The van der Waals surface area contributed by atoms with Gasteiger partial charge in [0.25, 0.3) is 0 Å². The molecule has 0 atom stereocenters. The first-order valence-electron chi connectivity index (χ1n) is 6.65. The lowest BCUT2D eigenvalue weighted by molar-refractivity contribution is 0.961. The molecule has 100 valence electrons. The smallest absolute Gasteiger partial charge is 0.0263 e. The van der Waals surface area contributed by atoms with Crippen LogP contribution in [0.1, 0.15) is 45.1 Å². The van der Waals surface area contributed by atoms with Crippen LogP contribution in [0, 0.1) is 0 Å². The van der Waals surface area contributed by atoms with Crippen LogP contribution < -0.4 is 0 Å². The van der Waals surface area contributed by atoms with E-state index in [-0.39, 0.29) is 0 Å². The Morgan fingerprint density at radius 1 is 0.833 bits per heavy atom. The first-order chi connectivity index (χ1) is 8.76. The fourth-order valence-electron chi connectivity index (χ4n) is 0.997. The summed E-state index contributed by atoms with van der Waals surface area (Å²) in [6.45, 7) is 15.0. The Morgan fingerprint density at radius 2 is 1.28 bits per heavy atom. The minimum absolute atomic E-state index is 1.15. The van der Waals surface area contributed by atoms with Gasteiger partial charge < -0.3 is 0 Å². The van der Waals surface area contributed by atoms with Crippen molar-refractivity contribution >= 4 is 6.08 Å². The van der Waals surface area contributed by atoms with Gasteiger partial charge in [0.1, 0.15) is 0 Å². The molecule has 0 aliphatic carbocycles. The zero-order chi connectivity index (χ0) is 14.1. The van der Waals surface area contributed by atoms with Gasteiger partial charge in [0, 0.05) is 0 Å². The van der Waals surface area contributed by atoms with Gasteiger partial charge in [0.05, 0.1) is 0 Å². The monoisotopic (exact) mass is 244 g/mol. The maximum Gasteiger partial charge on any atom is -0.0263 e. The highest BCUT2D eigenvalue weighted by Gasteiger charge is 1.75. The SMILES string of the molecule is C=CCCC.C=CCCC.C=Cc1ccccc1. The molecule has 0 aliphatic heterocycles. The van der Waals surface area contributed by atoms with Crippen molar-refractivity contribution in [3.05, 3.63) is 67.8 Å². The number of hydrogen-bond acceptors (Lipinski definition) is 0. The highest BCUT2D eigenvalue weighted by molar-refractivity contribution is 5.45. The predicted molar refractivity (Wildman–Crippen MR) is 86.7 cm³/mol. The molecule has 0 bridgehead atoms. The van der Waals surface area contributed by atoms with E-state index in [1.807, 2.05) is 48.6 Å². The van der Waals surface area contributed by atoms with E-state index in [0.29, 0.717) is 0 Å². The third-order valence-electron chi connectivity index (χ3n) is 2.02. The summed E-state index contributed by atoms with van der Waals surface area (Å²) in [5.41, 5.74) is 1.17. The van der Waals surface area contributed by atoms with Crippen molar-refractivity contribution in [3.8, 4) is 0 Å². The van der Waals surface area contributed by atoms with Crippen LogP contribution in [0.5, 0.6) is 0 Å². The molecule has 0 spiro atoms. The molecular weight excluding hydrogens is 216 g/mol. The van der Waals surface area contributed by atoms with E-state index in [1.165, 1.54) is 18.4 Å². The van der Waals surface area contributed by atoms with E-state index in [1.54, 1.807) is 0 Å². The molecule has 1 aromatic carbocycles. The van der Waals surface area contributed by atoms with Gasteiger partial charge >= 0.3 is 0 Å². The standard InChI is InChI=1S/C8H8.2C5H10/c1-2-8-6-4-3-5-7-8;2*1-3-5-4-2/h2-7H,1H2;2*3H,1,4-5H2,2H3. The van der Waals surface area contributed by atoms with E-state index in [2.05, 4.69) is 33.6 Å². The minimum atomic E-state index is 1.15. The predicted octanol–water partition coefficient (Wildman–Crippen LogP) is 6.27. The molecule has 1 aromatic rings. The van der Waals surface area contributed by atoms with Gasteiger partial charge in [-0.2, -0.15) is 0 Å². The van der Waals surface area contributed by atoms with Crippen LogP contribution in [-0.2, 0) is 0 Å².